The van der Waals surface area contributed by atoms with E-state index in [-0.39, 0.29) is 54.7 Å². The Balaban J connectivity index is 1.10. The van der Waals surface area contributed by atoms with Crippen molar-refractivity contribution in [1.82, 2.24) is 40.0 Å². The number of amides is 4. The monoisotopic (exact) mass is 1010 g/mol. The lowest BCUT2D eigenvalue weighted by Gasteiger charge is -2.34. The highest BCUT2D eigenvalue weighted by Crippen LogP contribution is 2.42. The number of pyridine rings is 1. The molecule has 3 saturated heterocycles. The number of phenolic OH excluding ortho intramolecular Hbond substituents is 1. The van der Waals surface area contributed by atoms with Crippen molar-refractivity contribution in [3.05, 3.63) is 95.5 Å². The number of likely N-dealkylation sites (N-methyl/N-ethyl adjacent to an activating group) is 1. The van der Waals surface area contributed by atoms with Crippen molar-refractivity contribution in [2.24, 2.45) is 17.3 Å². The third-order valence-corrected chi connectivity index (χ3v) is 14.9. The largest absolute Gasteiger partial charge is 0.508 e. The Bertz CT molecular complexity index is 2790. The van der Waals surface area contributed by atoms with E-state index in [1.807, 2.05) is 45.0 Å². The zero-order chi connectivity index (χ0) is 52.8. The van der Waals surface area contributed by atoms with Crippen LogP contribution in [0.15, 0.2) is 78.7 Å². The summed E-state index contributed by atoms with van der Waals surface area (Å²) in [6.07, 6.45) is 8.29. The molecule has 74 heavy (non-hydrogen) atoms. The first-order valence-electron chi connectivity index (χ1n) is 26.2. The van der Waals surface area contributed by atoms with Crippen LogP contribution < -0.4 is 10.7 Å². The number of aromatic hydroxyl groups is 1. The maximum absolute atomic E-state index is 14.7. The number of morpholine rings is 1. The van der Waals surface area contributed by atoms with Gasteiger partial charge in [0.1, 0.15) is 17.8 Å². The van der Waals surface area contributed by atoms with Gasteiger partial charge in [0.2, 0.25) is 17.7 Å². The normalized spacial score (nSPS) is 21.2. The van der Waals surface area contributed by atoms with E-state index in [9.17, 15) is 29.1 Å². The Morgan fingerprint density at radius 1 is 1.03 bits per heavy atom. The number of ether oxygens (including phenoxy) is 3. The number of aryl methyl sites for hydroxylation is 1. The van der Waals surface area contributed by atoms with E-state index in [1.165, 1.54) is 16.1 Å². The summed E-state index contributed by atoms with van der Waals surface area (Å²) in [4.78, 5) is 80.4. The number of likely N-dealkylation sites (tertiary alicyclic amines) is 1. The Kier molecular flexibility index (Phi) is 17.1. The van der Waals surface area contributed by atoms with Gasteiger partial charge in [-0.1, -0.05) is 45.9 Å². The number of rotatable bonds is 12. The van der Waals surface area contributed by atoms with Crippen LogP contribution in [0.3, 0.4) is 0 Å². The van der Waals surface area contributed by atoms with Gasteiger partial charge in [0, 0.05) is 112 Å². The summed E-state index contributed by atoms with van der Waals surface area (Å²) in [5, 5.41) is 16.7. The number of esters is 1. The lowest BCUT2D eigenvalue weighted by Crippen LogP contribution is -2.56. The minimum atomic E-state index is -0.910. The molecule has 4 aliphatic heterocycles. The number of carbonyl (C=O) groups is 5. The molecule has 0 radical (unpaired) electrons. The molecule has 4 aliphatic rings. The number of phenols is 1. The van der Waals surface area contributed by atoms with E-state index in [2.05, 4.69) is 59.2 Å². The van der Waals surface area contributed by atoms with Gasteiger partial charge in [0.05, 0.1) is 43.2 Å². The highest BCUT2D eigenvalue weighted by Gasteiger charge is 2.38. The molecule has 6 heterocycles. The number of nitrogens with zero attached hydrogens (tertiary/aromatic N) is 6. The molecule has 17 heteroatoms. The van der Waals surface area contributed by atoms with Gasteiger partial charge in [0.25, 0.3) is 5.91 Å². The van der Waals surface area contributed by atoms with Gasteiger partial charge in [-0.05, 0) is 104 Å². The second kappa shape index (κ2) is 23.4. The number of hydrogen-bond acceptors (Lipinski definition) is 12. The Morgan fingerprint density at radius 2 is 1.81 bits per heavy atom. The molecule has 0 aliphatic carbocycles. The molecular formula is C57H74N8O9. The second-order valence-corrected chi connectivity index (χ2v) is 21.3. The molecule has 2 aromatic carbocycles. The van der Waals surface area contributed by atoms with Crippen molar-refractivity contribution in [2.45, 2.75) is 98.4 Å². The van der Waals surface area contributed by atoms with Gasteiger partial charge in [-0.3, -0.25) is 38.9 Å². The molecule has 0 spiro atoms. The molecule has 17 nitrogen and oxygen atoms in total. The molecule has 3 N–H and O–H groups in total. The fraction of sp³-hybridized carbons (Fsp3) is 0.509. The molecule has 8 rings (SSSR count). The second-order valence-electron chi connectivity index (χ2n) is 21.3. The number of hydrogen-bond donors (Lipinski definition) is 3. The zero-order valence-electron chi connectivity index (χ0n) is 44.3. The topological polar surface area (TPSA) is 188 Å². The van der Waals surface area contributed by atoms with Crippen LogP contribution in [0.4, 0.5) is 0 Å². The molecule has 0 unspecified atom stereocenters. The van der Waals surface area contributed by atoms with Gasteiger partial charge in [-0.2, -0.15) is 0 Å². The highest BCUT2D eigenvalue weighted by molar-refractivity contribution is 5.97. The number of cyclic esters (lactones) is 1. The summed E-state index contributed by atoms with van der Waals surface area (Å²) >= 11 is 0. The summed E-state index contributed by atoms with van der Waals surface area (Å²) in [5.41, 5.74) is 9.78. The number of hydrazine groups is 1. The van der Waals surface area contributed by atoms with Crippen LogP contribution >= 0.6 is 0 Å². The SMILES string of the molecule is CCn1c(-c2cccnc2[C@H](C)OC)c2c3cc(ccc31)-c1cc(O)cc(c1)C/C(=C\NC(=O)[C@H](C(C)C)N(C)C(=O)[C@H]1CCN(C(=O)/C=C/CN3CCOCC3)C1)C(=O)N1CCC[C@H](N1)C(=O)OCC(C)(C)C2. The lowest BCUT2D eigenvalue weighted by molar-refractivity contribution is -0.154. The highest BCUT2D eigenvalue weighted by atomic mass is 16.5. The number of methoxy groups -OCH3 is 1. The summed E-state index contributed by atoms with van der Waals surface area (Å²) < 4.78 is 19.7. The number of benzene rings is 2. The predicted molar refractivity (Wildman–Crippen MR) is 282 cm³/mol. The Hall–Kier alpha value is -6.40. The first kappa shape index (κ1) is 53.9. The van der Waals surface area contributed by atoms with Gasteiger partial charge < -0.3 is 39.0 Å². The molecule has 4 atom stereocenters. The van der Waals surface area contributed by atoms with E-state index >= 15 is 0 Å². The van der Waals surface area contributed by atoms with Crippen molar-refractivity contribution < 1.29 is 43.3 Å². The molecule has 4 aromatic rings. The zero-order valence-corrected chi connectivity index (χ0v) is 44.3. The van der Waals surface area contributed by atoms with Gasteiger partial charge in [-0.15, -0.1) is 0 Å². The lowest BCUT2D eigenvalue weighted by atomic mass is 9.84. The van der Waals surface area contributed by atoms with E-state index in [4.69, 9.17) is 19.2 Å². The van der Waals surface area contributed by atoms with Gasteiger partial charge in [0.15, 0.2) is 0 Å². The van der Waals surface area contributed by atoms with Gasteiger partial charge in [-0.25, -0.2) is 5.43 Å². The van der Waals surface area contributed by atoms with E-state index in [0.29, 0.717) is 70.6 Å². The molecule has 6 bridgehead atoms. The van der Waals surface area contributed by atoms with Crippen LogP contribution in [0, 0.1) is 17.3 Å². The number of nitrogens with one attached hydrogen (secondary N) is 2. The van der Waals surface area contributed by atoms with Crippen molar-refractivity contribution in [1.29, 1.82) is 0 Å². The molecular weight excluding hydrogens is 941 g/mol. The van der Waals surface area contributed by atoms with Crippen LogP contribution in [-0.4, -0.2) is 149 Å². The van der Waals surface area contributed by atoms with Crippen LogP contribution in [0.1, 0.15) is 83.7 Å². The third kappa shape index (κ3) is 12.1. The standard InChI is InChI=1S/C57H74N8O9/c1-9-64-48-17-16-39-31-45(48)46(52(64)44-13-10-19-58-50(44)37(4)72-8)32-57(5,6)35-74-56(71)47-14-11-21-65(60-47)55(70)42(28-38-27-41(39)30-43(66)29-38)33-59-53(68)51(36(2)3)61(7)54(69)40-18-22-63(34-40)49(67)15-12-20-62-23-25-73-26-24-62/h10,12-13,15-17,19,27,29-31,33,36-37,40,47,51,60,66H,9,11,14,18,20-26,28,32,34-35H2,1-8H3,(H,59,68)/b15-12+,42-33+/t37-,40-,47-,51-/m0/s1. The van der Waals surface area contributed by atoms with Crippen molar-refractivity contribution in [3.8, 4) is 28.1 Å². The van der Waals surface area contributed by atoms with Crippen LogP contribution in [0.25, 0.3) is 33.3 Å². The minimum absolute atomic E-state index is 0.000306. The number of carbonyl (C=O) groups excluding carboxylic acids is 5. The fourth-order valence-corrected chi connectivity index (χ4v) is 10.9. The molecule has 3 fully saturated rings. The van der Waals surface area contributed by atoms with E-state index in [0.717, 1.165) is 57.6 Å². The minimum Gasteiger partial charge on any atom is -0.508 e. The van der Waals surface area contributed by atoms with E-state index < -0.39 is 41.2 Å². The van der Waals surface area contributed by atoms with Crippen LogP contribution in [-0.2, 0) is 57.6 Å². The summed E-state index contributed by atoms with van der Waals surface area (Å²) in [6, 6.07) is 13.8. The van der Waals surface area contributed by atoms with E-state index in [1.54, 1.807) is 43.5 Å². The van der Waals surface area contributed by atoms with Crippen molar-refractivity contribution >= 4 is 40.5 Å². The van der Waals surface area contributed by atoms with Gasteiger partial charge >= 0.3 is 5.97 Å². The molecule has 0 saturated carbocycles. The van der Waals surface area contributed by atoms with Crippen molar-refractivity contribution in [3.63, 3.8) is 0 Å². The van der Waals surface area contributed by atoms with Crippen LogP contribution in [0.2, 0.25) is 0 Å². The summed E-state index contributed by atoms with van der Waals surface area (Å²) in [7, 11) is 3.28. The summed E-state index contributed by atoms with van der Waals surface area (Å²) in [6.45, 7) is 17.3. The predicted octanol–water partition coefficient (Wildman–Crippen LogP) is 6.19. The average Bonchev–Trinajstić information content (AvgIpc) is 4.02. The smallest absolute Gasteiger partial charge is 0.324 e. The molecule has 4 amide bonds. The van der Waals surface area contributed by atoms with Crippen LogP contribution in [0.5, 0.6) is 5.75 Å². The average molecular weight is 1020 g/mol. The molecule has 2 aromatic heterocycles. The summed E-state index contributed by atoms with van der Waals surface area (Å²) in [5.74, 6) is -2.62. The quantitative estimate of drug-likeness (QED) is 0.108. The molecule has 396 valence electrons. The fourth-order valence-electron chi connectivity index (χ4n) is 10.9. The first-order chi connectivity index (χ1) is 35.5. The maximum Gasteiger partial charge on any atom is 0.324 e. The number of fused-ring (bicyclic) bond motifs is 6. The number of aromatic nitrogens is 2. The first-order valence-corrected chi connectivity index (χ1v) is 26.2. The van der Waals surface area contributed by atoms with Crippen molar-refractivity contribution in [2.75, 3.05) is 73.2 Å². The Morgan fingerprint density at radius 3 is 2.55 bits per heavy atom. The maximum atomic E-state index is 14.7. The third-order valence-electron chi connectivity index (χ3n) is 14.9. The Labute approximate surface area is 434 Å².